The molecule has 0 saturated carbocycles. The molecule has 42 heavy (non-hydrogen) atoms. The number of amides is 1. The topological polar surface area (TPSA) is 116 Å². The van der Waals surface area contributed by atoms with E-state index in [0.717, 1.165) is 38.5 Å². The number of carbonyl (C=O) groups is 2. The number of benzene rings is 3. The Labute approximate surface area is 241 Å². The Bertz CT molecular complexity index is 2030. The van der Waals surface area contributed by atoms with Crippen LogP contribution in [0.2, 0.25) is 0 Å². The van der Waals surface area contributed by atoms with Gasteiger partial charge in [0, 0.05) is 66.3 Å². The zero-order valence-corrected chi connectivity index (χ0v) is 22.7. The minimum absolute atomic E-state index is 0.291. The number of aldehydes is 1. The van der Waals surface area contributed by atoms with Gasteiger partial charge in [-0.2, -0.15) is 10.5 Å². The molecule has 0 aliphatic rings. The van der Waals surface area contributed by atoms with Crippen molar-refractivity contribution >= 4 is 34.0 Å². The highest BCUT2D eigenvalue weighted by Gasteiger charge is 2.23. The molecule has 0 spiro atoms. The number of nitrogens with zero attached hydrogens (tertiary/aromatic N) is 6. The minimum Gasteiger partial charge on any atom is -0.345 e. The summed E-state index contributed by atoms with van der Waals surface area (Å²) in [6, 6.07) is 24.9. The molecule has 3 aromatic carbocycles. The van der Waals surface area contributed by atoms with Gasteiger partial charge in [-0.3, -0.25) is 19.6 Å². The zero-order chi connectivity index (χ0) is 29.4. The summed E-state index contributed by atoms with van der Waals surface area (Å²) in [6.07, 6.45) is 7.14. The maximum Gasteiger partial charge on any atom is 0.256 e. The predicted octanol–water partition coefficient (Wildman–Crippen LogP) is 6.17. The summed E-state index contributed by atoms with van der Waals surface area (Å²) in [4.78, 5) is 35.3. The van der Waals surface area contributed by atoms with Gasteiger partial charge in [0.05, 0.1) is 39.5 Å². The van der Waals surface area contributed by atoms with Crippen molar-refractivity contribution in [1.29, 1.82) is 10.5 Å². The van der Waals surface area contributed by atoms with Crippen LogP contribution in [-0.4, -0.2) is 45.7 Å². The summed E-state index contributed by atoms with van der Waals surface area (Å²) in [5.41, 5.74) is 6.81. The van der Waals surface area contributed by atoms with Crippen molar-refractivity contribution in [3.05, 3.63) is 114 Å². The summed E-state index contributed by atoms with van der Waals surface area (Å²) in [5.74, 6) is -0.291. The fourth-order valence-corrected chi connectivity index (χ4v) is 5.37. The SMILES string of the molecule is CN(C)C(=O)c1c(C=O)cccc1-n1c2ccc(-c3ccncc3C#N)cc2c2cc(-c3cnccc3C#N)ccc21. The molecule has 0 radical (unpaired) electrons. The van der Waals surface area contributed by atoms with Gasteiger partial charge in [0.2, 0.25) is 0 Å². The second-order valence-corrected chi connectivity index (χ2v) is 9.92. The third-order valence-electron chi connectivity index (χ3n) is 7.33. The molecule has 0 unspecified atom stereocenters. The molecule has 3 aromatic heterocycles. The Hall–Kier alpha value is -6.12. The van der Waals surface area contributed by atoms with Crippen molar-refractivity contribution in [2.45, 2.75) is 0 Å². The first-order valence-electron chi connectivity index (χ1n) is 13.0. The first kappa shape index (κ1) is 26.1. The molecule has 0 saturated heterocycles. The molecule has 0 aliphatic heterocycles. The van der Waals surface area contributed by atoms with Crippen LogP contribution in [0.25, 0.3) is 49.7 Å². The highest BCUT2D eigenvalue weighted by molar-refractivity contribution is 6.13. The zero-order valence-electron chi connectivity index (χ0n) is 22.7. The Kier molecular flexibility index (Phi) is 6.50. The predicted molar refractivity (Wildman–Crippen MR) is 160 cm³/mol. The van der Waals surface area contributed by atoms with Crippen LogP contribution >= 0.6 is 0 Å². The summed E-state index contributed by atoms with van der Waals surface area (Å²) in [5, 5.41) is 21.2. The van der Waals surface area contributed by atoms with Crippen LogP contribution in [0.4, 0.5) is 0 Å². The maximum absolute atomic E-state index is 13.4. The quantitative estimate of drug-likeness (QED) is 0.239. The lowest BCUT2D eigenvalue weighted by molar-refractivity contribution is 0.0824. The van der Waals surface area contributed by atoms with Crippen LogP contribution in [0.3, 0.4) is 0 Å². The molecule has 0 fully saturated rings. The van der Waals surface area contributed by atoms with Crippen molar-refractivity contribution in [2.75, 3.05) is 14.1 Å². The number of hydrogen-bond acceptors (Lipinski definition) is 6. The van der Waals surface area contributed by atoms with Gasteiger partial charge in [-0.1, -0.05) is 24.3 Å². The first-order valence-corrected chi connectivity index (χ1v) is 13.0. The van der Waals surface area contributed by atoms with Crippen LogP contribution in [0, 0.1) is 22.7 Å². The fourth-order valence-electron chi connectivity index (χ4n) is 5.37. The van der Waals surface area contributed by atoms with Crippen molar-refractivity contribution in [3.8, 4) is 40.1 Å². The van der Waals surface area contributed by atoms with E-state index >= 15 is 0 Å². The van der Waals surface area contributed by atoms with Gasteiger partial charge in [0.1, 0.15) is 6.07 Å². The highest BCUT2D eigenvalue weighted by Crippen LogP contribution is 2.39. The summed E-state index contributed by atoms with van der Waals surface area (Å²) in [7, 11) is 3.31. The molecule has 1 amide bonds. The normalized spacial score (nSPS) is 10.8. The molecule has 6 aromatic rings. The third kappa shape index (κ3) is 4.16. The lowest BCUT2D eigenvalue weighted by Gasteiger charge is -2.18. The van der Waals surface area contributed by atoms with Crippen molar-refractivity contribution < 1.29 is 9.59 Å². The van der Waals surface area contributed by atoms with E-state index in [1.807, 2.05) is 47.0 Å². The minimum atomic E-state index is -0.291. The lowest BCUT2D eigenvalue weighted by Crippen LogP contribution is -2.24. The average molecular weight is 547 g/mol. The maximum atomic E-state index is 13.4. The van der Waals surface area contributed by atoms with Crippen molar-refractivity contribution in [1.82, 2.24) is 19.4 Å². The second kappa shape index (κ2) is 10.5. The molecule has 0 bridgehead atoms. The number of pyridine rings is 2. The molecule has 0 N–H and O–H groups in total. The van der Waals surface area contributed by atoms with E-state index in [1.165, 1.54) is 11.1 Å². The van der Waals surface area contributed by atoms with E-state index in [4.69, 9.17) is 0 Å². The first-order chi connectivity index (χ1) is 20.5. The number of hydrogen-bond donors (Lipinski definition) is 0. The summed E-state index contributed by atoms with van der Waals surface area (Å²) < 4.78 is 1.98. The van der Waals surface area contributed by atoms with Crippen LogP contribution in [0.15, 0.2) is 91.5 Å². The molecule has 200 valence electrons. The van der Waals surface area contributed by atoms with Crippen LogP contribution < -0.4 is 0 Å². The largest absolute Gasteiger partial charge is 0.345 e. The molecule has 6 rings (SSSR count). The standard InChI is InChI=1S/C34H22N6O2/c1-39(2)34(42)33-24(20-41)4-3-5-32(33)40-30-8-6-21(26-11-13-37-18-25(26)17-36)14-27(30)28-15-22(7-9-31(28)40)29-19-38-12-10-23(29)16-35/h3-15,18-20H,1-2H3. The highest BCUT2D eigenvalue weighted by atomic mass is 16.2. The summed E-state index contributed by atoms with van der Waals surface area (Å²) >= 11 is 0. The smallest absolute Gasteiger partial charge is 0.256 e. The van der Waals surface area contributed by atoms with Gasteiger partial charge < -0.3 is 9.47 Å². The van der Waals surface area contributed by atoms with Gasteiger partial charge >= 0.3 is 0 Å². The monoisotopic (exact) mass is 546 g/mol. The molecule has 3 heterocycles. The van der Waals surface area contributed by atoms with E-state index in [0.29, 0.717) is 39.8 Å². The van der Waals surface area contributed by atoms with E-state index in [9.17, 15) is 20.1 Å². The summed E-state index contributed by atoms with van der Waals surface area (Å²) in [6.45, 7) is 0. The Morgan fingerprint density at radius 2 is 1.45 bits per heavy atom. The number of rotatable bonds is 5. The number of aromatic nitrogens is 3. The van der Waals surface area contributed by atoms with Crippen molar-refractivity contribution in [2.24, 2.45) is 0 Å². The van der Waals surface area contributed by atoms with Gasteiger partial charge in [0.15, 0.2) is 6.29 Å². The Morgan fingerprint density at radius 1 is 0.810 bits per heavy atom. The Morgan fingerprint density at radius 3 is 2.10 bits per heavy atom. The van der Waals surface area contributed by atoms with Crippen molar-refractivity contribution in [3.63, 3.8) is 0 Å². The molecule has 8 nitrogen and oxygen atoms in total. The van der Waals surface area contributed by atoms with Gasteiger partial charge in [0.25, 0.3) is 5.91 Å². The van der Waals surface area contributed by atoms with Gasteiger partial charge in [-0.15, -0.1) is 0 Å². The average Bonchev–Trinajstić information content (AvgIpc) is 3.36. The van der Waals surface area contributed by atoms with Crippen LogP contribution in [0.1, 0.15) is 31.8 Å². The number of carbonyl (C=O) groups excluding carboxylic acids is 2. The molecule has 0 atom stereocenters. The number of fused-ring (bicyclic) bond motifs is 3. The molecule has 0 aliphatic carbocycles. The third-order valence-corrected chi connectivity index (χ3v) is 7.33. The molecule has 8 heteroatoms. The number of nitriles is 2. The van der Waals surface area contributed by atoms with E-state index in [2.05, 4.69) is 22.1 Å². The van der Waals surface area contributed by atoms with E-state index < -0.39 is 0 Å². The Balaban J connectivity index is 1.73. The van der Waals surface area contributed by atoms with E-state index in [1.54, 1.807) is 57.0 Å². The van der Waals surface area contributed by atoms with Gasteiger partial charge in [-0.25, -0.2) is 0 Å². The second-order valence-electron chi connectivity index (χ2n) is 9.92. The fraction of sp³-hybridized carbons (Fsp3) is 0.0588. The van der Waals surface area contributed by atoms with Crippen LogP contribution in [0.5, 0.6) is 0 Å². The van der Waals surface area contributed by atoms with Crippen LogP contribution in [-0.2, 0) is 0 Å². The van der Waals surface area contributed by atoms with E-state index in [-0.39, 0.29) is 5.91 Å². The molecular weight excluding hydrogens is 524 g/mol. The van der Waals surface area contributed by atoms with Gasteiger partial charge in [-0.05, 0) is 53.6 Å². The molecular formula is C34H22N6O2. The lowest BCUT2D eigenvalue weighted by atomic mass is 9.98.